The number of ether oxygens (including phenoxy) is 1. The van der Waals surface area contributed by atoms with E-state index in [2.05, 4.69) is 4.98 Å². The Bertz CT molecular complexity index is 1030. The maximum atomic E-state index is 12.2. The zero-order valence-electron chi connectivity index (χ0n) is 12.9. The van der Waals surface area contributed by atoms with Crippen molar-refractivity contribution in [3.05, 3.63) is 81.4 Å². The van der Waals surface area contributed by atoms with Crippen LogP contribution in [-0.2, 0) is 11.3 Å². The third-order valence-electron chi connectivity index (χ3n) is 3.51. The number of carbonyl (C=O) groups is 1. The number of nitriles is 1. The van der Waals surface area contributed by atoms with E-state index in [9.17, 15) is 9.59 Å². The first kappa shape index (κ1) is 15.4. The standard InChI is InChI=1S/C18H13N3O3/c1-12-4-2-7-16-20-15(9-17(22)21(12)16)11-24-18(23)14-6-3-5-13(8-14)10-19/h2-9H,11H2,1H3. The Labute approximate surface area is 137 Å². The molecule has 1 aromatic carbocycles. The Morgan fingerprint density at radius 3 is 2.83 bits per heavy atom. The predicted molar refractivity (Wildman–Crippen MR) is 86.5 cm³/mol. The van der Waals surface area contributed by atoms with Gasteiger partial charge in [0.15, 0.2) is 0 Å². The summed E-state index contributed by atoms with van der Waals surface area (Å²) in [6.07, 6.45) is 0. The Morgan fingerprint density at radius 1 is 1.25 bits per heavy atom. The van der Waals surface area contributed by atoms with Crippen molar-refractivity contribution in [1.82, 2.24) is 9.38 Å². The minimum absolute atomic E-state index is 0.116. The molecule has 2 heterocycles. The molecule has 0 radical (unpaired) electrons. The molecule has 0 aliphatic rings. The van der Waals surface area contributed by atoms with Crippen LogP contribution < -0.4 is 5.56 Å². The number of benzene rings is 1. The van der Waals surface area contributed by atoms with Crippen LogP contribution in [0.3, 0.4) is 0 Å². The van der Waals surface area contributed by atoms with Crippen LogP contribution in [0.4, 0.5) is 0 Å². The molecule has 3 rings (SSSR count). The van der Waals surface area contributed by atoms with Crippen LogP contribution in [0.1, 0.15) is 27.3 Å². The number of nitrogens with zero attached hydrogens (tertiary/aromatic N) is 3. The number of hydrogen-bond donors (Lipinski definition) is 0. The molecule has 6 heteroatoms. The van der Waals surface area contributed by atoms with Gasteiger partial charge in [-0.15, -0.1) is 0 Å². The van der Waals surface area contributed by atoms with E-state index in [0.29, 0.717) is 16.9 Å². The lowest BCUT2D eigenvalue weighted by atomic mass is 10.1. The van der Waals surface area contributed by atoms with Crippen LogP contribution >= 0.6 is 0 Å². The Balaban J connectivity index is 1.82. The molecule has 0 aliphatic carbocycles. The minimum Gasteiger partial charge on any atom is -0.456 e. The van der Waals surface area contributed by atoms with Crippen LogP contribution in [0.5, 0.6) is 0 Å². The first-order valence-electron chi connectivity index (χ1n) is 7.24. The fraction of sp³-hybridized carbons (Fsp3) is 0.111. The molecule has 0 bridgehead atoms. The van der Waals surface area contributed by atoms with Gasteiger partial charge in [-0.1, -0.05) is 12.1 Å². The van der Waals surface area contributed by atoms with E-state index >= 15 is 0 Å². The van der Waals surface area contributed by atoms with E-state index in [1.54, 1.807) is 30.3 Å². The van der Waals surface area contributed by atoms with Crippen LogP contribution in [0, 0.1) is 18.3 Å². The summed E-state index contributed by atoms with van der Waals surface area (Å²) in [4.78, 5) is 28.5. The second-order valence-electron chi connectivity index (χ2n) is 5.22. The summed E-state index contributed by atoms with van der Waals surface area (Å²) in [5.74, 6) is -0.571. The van der Waals surface area contributed by atoms with Crippen molar-refractivity contribution in [3.8, 4) is 6.07 Å². The van der Waals surface area contributed by atoms with Gasteiger partial charge in [0.05, 0.1) is 22.9 Å². The summed E-state index contributed by atoms with van der Waals surface area (Å²) in [5, 5.41) is 8.86. The third-order valence-corrected chi connectivity index (χ3v) is 3.51. The maximum absolute atomic E-state index is 12.2. The van der Waals surface area contributed by atoms with Gasteiger partial charge in [0, 0.05) is 11.8 Å². The molecular weight excluding hydrogens is 306 g/mol. The lowest BCUT2D eigenvalue weighted by Crippen LogP contribution is -2.18. The monoisotopic (exact) mass is 319 g/mol. The van der Waals surface area contributed by atoms with E-state index in [1.807, 2.05) is 19.1 Å². The number of hydrogen-bond acceptors (Lipinski definition) is 5. The average Bonchev–Trinajstić information content (AvgIpc) is 2.59. The molecule has 0 fully saturated rings. The molecule has 6 nitrogen and oxygen atoms in total. The van der Waals surface area contributed by atoms with Gasteiger partial charge in [0.2, 0.25) is 0 Å². The van der Waals surface area contributed by atoms with Gasteiger partial charge in [-0.25, -0.2) is 9.78 Å². The smallest absolute Gasteiger partial charge is 0.338 e. The molecule has 0 unspecified atom stereocenters. The summed E-state index contributed by atoms with van der Waals surface area (Å²) in [5.41, 5.74) is 2.08. The highest BCUT2D eigenvalue weighted by Crippen LogP contribution is 2.08. The molecule has 0 atom stereocenters. The summed E-state index contributed by atoms with van der Waals surface area (Å²) in [7, 11) is 0. The molecule has 2 aromatic heterocycles. The van der Waals surface area contributed by atoms with Gasteiger partial charge in [-0.3, -0.25) is 9.20 Å². The van der Waals surface area contributed by atoms with Crippen molar-refractivity contribution >= 4 is 11.6 Å². The number of fused-ring (bicyclic) bond motifs is 1. The van der Waals surface area contributed by atoms with Crippen LogP contribution in [0.25, 0.3) is 5.65 Å². The second-order valence-corrected chi connectivity index (χ2v) is 5.22. The third kappa shape index (κ3) is 3.01. The molecule has 0 N–H and O–H groups in total. The molecule has 0 aliphatic heterocycles. The topological polar surface area (TPSA) is 84.5 Å². The number of carbonyl (C=O) groups excluding carboxylic acids is 1. The number of rotatable bonds is 3. The second kappa shape index (κ2) is 6.34. The lowest BCUT2D eigenvalue weighted by molar-refractivity contribution is 0.0467. The Hall–Kier alpha value is -3.46. The molecule has 118 valence electrons. The molecular formula is C18H13N3O3. The normalized spacial score (nSPS) is 10.3. The van der Waals surface area contributed by atoms with Gasteiger partial charge >= 0.3 is 5.97 Å². The summed E-state index contributed by atoms with van der Waals surface area (Å²) in [6, 6.07) is 14.9. The lowest BCUT2D eigenvalue weighted by Gasteiger charge is -2.07. The van der Waals surface area contributed by atoms with Crippen molar-refractivity contribution < 1.29 is 9.53 Å². The average molecular weight is 319 g/mol. The first-order valence-corrected chi connectivity index (χ1v) is 7.24. The zero-order chi connectivity index (χ0) is 17.1. The van der Waals surface area contributed by atoms with E-state index in [1.165, 1.54) is 16.5 Å². The van der Waals surface area contributed by atoms with Gasteiger partial charge in [-0.2, -0.15) is 5.26 Å². The fourth-order valence-electron chi connectivity index (χ4n) is 2.38. The van der Waals surface area contributed by atoms with E-state index in [-0.39, 0.29) is 17.7 Å². The van der Waals surface area contributed by atoms with Crippen LogP contribution in [-0.4, -0.2) is 15.4 Å². The van der Waals surface area contributed by atoms with Crippen molar-refractivity contribution in [2.75, 3.05) is 0 Å². The summed E-state index contributed by atoms with van der Waals surface area (Å²) >= 11 is 0. The van der Waals surface area contributed by atoms with Gasteiger partial charge in [0.25, 0.3) is 5.56 Å². The molecule has 0 spiro atoms. The highest BCUT2D eigenvalue weighted by Gasteiger charge is 2.10. The highest BCUT2D eigenvalue weighted by molar-refractivity contribution is 5.89. The van der Waals surface area contributed by atoms with Crippen LogP contribution in [0.15, 0.2) is 53.3 Å². The number of esters is 1. The van der Waals surface area contributed by atoms with Crippen molar-refractivity contribution in [2.45, 2.75) is 13.5 Å². The number of aryl methyl sites for hydroxylation is 1. The molecule has 0 saturated carbocycles. The van der Waals surface area contributed by atoms with E-state index < -0.39 is 5.97 Å². The largest absolute Gasteiger partial charge is 0.456 e. The fourth-order valence-corrected chi connectivity index (χ4v) is 2.38. The van der Waals surface area contributed by atoms with E-state index in [0.717, 1.165) is 5.69 Å². The Morgan fingerprint density at radius 2 is 2.04 bits per heavy atom. The molecule has 3 aromatic rings. The Kier molecular flexibility index (Phi) is 4.08. The highest BCUT2D eigenvalue weighted by atomic mass is 16.5. The van der Waals surface area contributed by atoms with Crippen molar-refractivity contribution in [3.63, 3.8) is 0 Å². The first-order chi connectivity index (χ1) is 11.6. The maximum Gasteiger partial charge on any atom is 0.338 e. The summed E-state index contributed by atoms with van der Waals surface area (Å²) < 4.78 is 6.68. The molecule has 0 saturated heterocycles. The van der Waals surface area contributed by atoms with Gasteiger partial charge in [0.1, 0.15) is 12.3 Å². The van der Waals surface area contributed by atoms with E-state index in [4.69, 9.17) is 10.00 Å². The van der Waals surface area contributed by atoms with Gasteiger partial charge < -0.3 is 4.74 Å². The SMILES string of the molecule is Cc1cccc2nc(COC(=O)c3cccc(C#N)c3)cc(=O)n12. The quantitative estimate of drug-likeness (QED) is 0.691. The molecule has 24 heavy (non-hydrogen) atoms. The minimum atomic E-state index is -0.571. The van der Waals surface area contributed by atoms with Crippen molar-refractivity contribution in [2.24, 2.45) is 0 Å². The summed E-state index contributed by atoms with van der Waals surface area (Å²) in [6.45, 7) is 1.70. The molecule has 0 amide bonds. The zero-order valence-corrected chi connectivity index (χ0v) is 12.9. The number of aromatic nitrogens is 2. The van der Waals surface area contributed by atoms with Crippen LogP contribution in [0.2, 0.25) is 0 Å². The van der Waals surface area contributed by atoms with Crippen molar-refractivity contribution in [1.29, 1.82) is 5.26 Å². The predicted octanol–water partition coefficient (Wildman–Crippen LogP) is 2.23. The number of pyridine rings is 1. The van der Waals surface area contributed by atoms with Gasteiger partial charge in [-0.05, 0) is 37.3 Å².